The fraction of sp³-hybridized carbons (Fsp3) is 0.385. The number of rotatable bonds is 2. The topological polar surface area (TPSA) is 21.3 Å². The Labute approximate surface area is 91.0 Å². The van der Waals surface area contributed by atoms with E-state index < -0.39 is 0 Å². The van der Waals surface area contributed by atoms with E-state index in [1.54, 1.807) is 7.11 Å². The van der Waals surface area contributed by atoms with Crippen LogP contribution in [0.2, 0.25) is 0 Å². The van der Waals surface area contributed by atoms with Crippen LogP contribution in [0.3, 0.4) is 0 Å². The van der Waals surface area contributed by atoms with Crippen LogP contribution >= 0.6 is 0 Å². The van der Waals surface area contributed by atoms with Gasteiger partial charge in [0.25, 0.3) is 0 Å². The first kappa shape index (κ1) is 10.2. The van der Waals surface area contributed by atoms with E-state index in [1.165, 1.54) is 11.1 Å². The minimum Gasteiger partial charge on any atom is -0.497 e. The van der Waals surface area contributed by atoms with Crippen molar-refractivity contribution in [3.63, 3.8) is 0 Å². The predicted octanol–water partition coefficient (Wildman–Crippen LogP) is 2.32. The van der Waals surface area contributed by atoms with Gasteiger partial charge in [-0.15, -0.1) is 0 Å². The predicted molar refractivity (Wildman–Crippen MR) is 63.0 cm³/mol. The summed E-state index contributed by atoms with van der Waals surface area (Å²) < 4.78 is 5.24. The minimum absolute atomic E-state index is 0.575. The lowest BCUT2D eigenvalue weighted by atomic mass is 9.91. The monoisotopic (exact) mass is 203 g/mol. The van der Waals surface area contributed by atoms with Crippen LogP contribution in [0, 0.1) is 5.92 Å². The van der Waals surface area contributed by atoms with Crippen LogP contribution in [0.25, 0.3) is 5.57 Å². The summed E-state index contributed by atoms with van der Waals surface area (Å²) >= 11 is 0. The maximum Gasteiger partial charge on any atom is 0.119 e. The summed E-state index contributed by atoms with van der Waals surface area (Å²) in [6, 6.07) is 8.28. The molecule has 0 fully saturated rings. The van der Waals surface area contributed by atoms with Crippen molar-refractivity contribution in [3.05, 3.63) is 35.9 Å². The average molecular weight is 203 g/mol. The molecule has 2 rings (SSSR count). The lowest BCUT2D eigenvalue weighted by Gasteiger charge is -2.22. The quantitative estimate of drug-likeness (QED) is 0.796. The van der Waals surface area contributed by atoms with Crippen molar-refractivity contribution < 1.29 is 4.74 Å². The Balaban J connectivity index is 2.31. The average Bonchev–Trinajstić information content (AvgIpc) is 2.30. The summed E-state index contributed by atoms with van der Waals surface area (Å²) in [6.45, 7) is 4.28. The van der Waals surface area contributed by atoms with Crippen LogP contribution in [0.5, 0.6) is 5.75 Å². The molecule has 0 amide bonds. The standard InChI is InChI=1S/C13H17NO/c1-10-9-14-7-6-13(10)11-4-3-5-12(8-11)15-2/h3-6,8,10,14H,7,9H2,1-2H3/t10-/m0/s1. The van der Waals surface area contributed by atoms with E-state index in [0.29, 0.717) is 5.92 Å². The first-order chi connectivity index (χ1) is 7.31. The second-order valence-electron chi connectivity index (χ2n) is 3.95. The maximum atomic E-state index is 5.24. The number of methoxy groups -OCH3 is 1. The van der Waals surface area contributed by atoms with Crippen LogP contribution in [-0.2, 0) is 0 Å². The summed E-state index contributed by atoms with van der Waals surface area (Å²) in [5, 5.41) is 3.36. The number of nitrogens with one attached hydrogen (secondary N) is 1. The van der Waals surface area contributed by atoms with Crippen molar-refractivity contribution in [1.29, 1.82) is 0 Å². The highest BCUT2D eigenvalue weighted by molar-refractivity contribution is 5.69. The lowest BCUT2D eigenvalue weighted by Crippen LogP contribution is -2.26. The molecule has 0 radical (unpaired) electrons. The van der Waals surface area contributed by atoms with Gasteiger partial charge in [-0.2, -0.15) is 0 Å². The molecule has 0 saturated carbocycles. The molecule has 1 aliphatic rings. The molecule has 1 N–H and O–H groups in total. The first-order valence-corrected chi connectivity index (χ1v) is 5.36. The number of ether oxygens (including phenoxy) is 1. The van der Waals surface area contributed by atoms with Gasteiger partial charge in [-0.1, -0.05) is 25.1 Å². The Kier molecular flexibility index (Phi) is 3.07. The summed E-state index contributed by atoms with van der Waals surface area (Å²) in [5.74, 6) is 1.50. The van der Waals surface area contributed by atoms with Gasteiger partial charge in [0.15, 0.2) is 0 Å². The van der Waals surface area contributed by atoms with Gasteiger partial charge >= 0.3 is 0 Å². The third kappa shape index (κ3) is 2.21. The van der Waals surface area contributed by atoms with E-state index in [1.807, 2.05) is 12.1 Å². The van der Waals surface area contributed by atoms with E-state index >= 15 is 0 Å². The largest absolute Gasteiger partial charge is 0.497 e. The Morgan fingerprint density at radius 2 is 2.27 bits per heavy atom. The number of hydrogen-bond donors (Lipinski definition) is 1. The van der Waals surface area contributed by atoms with Crippen LogP contribution < -0.4 is 10.1 Å². The van der Waals surface area contributed by atoms with Gasteiger partial charge in [-0.25, -0.2) is 0 Å². The third-order valence-electron chi connectivity index (χ3n) is 2.85. The minimum atomic E-state index is 0.575. The van der Waals surface area contributed by atoms with Crippen LogP contribution in [0.1, 0.15) is 12.5 Å². The van der Waals surface area contributed by atoms with Gasteiger partial charge in [0, 0.05) is 13.1 Å². The normalized spacial score (nSPS) is 20.9. The Hall–Kier alpha value is -1.28. The second kappa shape index (κ2) is 4.49. The van der Waals surface area contributed by atoms with E-state index in [-0.39, 0.29) is 0 Å². The zero-order valence-electron chi connectivity index (χ0n) is 9.29. The summed E-state index contributed by atoms with van der Waals surface area (Å²) in [5.41, 5.74) is 2.70. The molecule has 0 saturated heterocycles. The third-order valence-corrected chi connectivity index (χ3v) is 2.85. The van der Waals surface area contributed by atoms with Gasteiger partial charge in [0.2, 0.25) is 0 Å². The molecule has 2 nitrogen and oxygen atoms in total. The van der Waals surface area contributed by atoms with Crippen molar-refractivity contribution in [1.82, 2.24) is 5.32 Å². The number of benzene rings is 1. The van der Waals surface area contributed by atoms with E-state index in [9.17, 15) is 0 Å². The summed E-state index contributed by atoms with van der Waals surface area (Å²) in [7, 11) is 1.71. The highest BCUT2D eigenvalue weighted by atomic mass is 16.5. The second-order valence-corrected chi connectivity index (χ2v) is 3.95. The van der Waals surface area contributed by atoms with Crippen LogP contribution in [0.15, 0.2) is 30.3 Å². The molecule has 0 bridgehead atoms. The van der Waals surface area contributed by atoms with Crippen molar-refractivity contribution in [2.45, 2.75) is 6.92 Å². The fourth-order valence-corrected chi connectivity index (χ4v) is 2.00. The Bertz CT molecular complexity index is 371. The summed E-state index contributed by atoms with van der Waals surface area (Å²) in [6.07, 6.45) is 2.27. The van der Waals surface area contributed by atoms with Gasteiger partial charge in [0.05, 0.1) is 7.11 Å². The smallest absolute Gasteiger partial charge is 0.119 e. The molecular formula is C13H17NO. The zero-order chi connectivity index (χ0) is 10.7. The number of hydrogen-bond acceptors (Lipinski definition) is 2. The van der Waals surface area contributed by atoms with Gasteiger partial charge in [-0.05, 0) is 29.2 Å². The van der Waals surface area contributed by atoms with Crippen molar-refractivity contribution in [3.8, 4) is 5.75 Å². The van der Waals surface area contributed by atoms with Gasteiger partial charge < -0.3 is 10.1 Å². The van der Waals surface area contributed by atoms with Crippen molar-refractivity contribution in [2.75, 3.05) is 20.2 Å². The molecule has 0 unspecified atom stereocenters. The van der Waals surface area contributed by atoms with Crippen molar-refractivity contribution >= 4 is 5.57 Å². The van der Waals surface area contributed by atoms with E-state index in [0.717, 1.165) is 18.8 Å². The fourth-order valence-electron chi connectivity index (χ4n) is 2.00. The highest BCUT2D eigenvalue weighted by Gasteiger charge is 2.14. The SMILES string of the molecule is COc1cccc(C2=CCNC[C@@H]2C)c1. The molecule has 1 atom stereocenters. The van der Waals surface area contributed by atoms with E-state index in [4.69, 9.17) is 4.74 Å². The van der Waals surface area contributed by atoms with E-state index in [2.05, 4.69) is 30.4 Å². The molecule has 1 aromatic carbocycles. The van der Waals surface area contributed by atoms with Gasteiger partial charge in [-0.3, -0.25) is 0 Å². The molecule has 0 aliphatic carbocycles. The lowest BCUT2D eigenvalue weighted by molar-refractivity contribution is 0.414. The molecule has 1 aromatic rings. The zero-order valence-corrected chi connectivity index (χ0v) is 9.29. The summed E-state index contributed by atoms with van der Waals surface area (Å²) in [4.78, 5) is 0. The first-order valence-electron chi connectivity index (χ1n) is 5.36. The molecule has 2 heteroatoms. The van der Waals surface area contributed by atoms with Crippen LogP contribution in [-0.4, -0.2) is 20.2 Å². The maximum absolute atomic E-state index is 5.24. The molecule has 80 valence electrons. The molecular weight excluding hydrogens is 186 g/mol. The Morgan fingerprint density at radius 3 is 3.00 bits per heavy atom. The molecule has 0 spiro atoms. The highest BCUT2D eigenvalue weighted by Crippen LogP contribution is 2.27. The molecule has 0 aromatic heterocycles. The molecule has 15 heavy (non-hydrogen) atoms. The van der Waals surface area contributed by atoms with Gasteiger partial charge in [0.1, 0.15) is 5.75 Å². The molecule has 1 aliphatic heterocycles. The van der Waals surface area contributed by atoms with Crippen LogP contribution in [0.4, 0.5) is 0 Å². The van der Waals surface area contributed by atoms with Crippen molar-refractivity contribution in [2.24, 2.45) is 5.92 Å². The Morgan fingerprint density at radius 1 is 1.40 bits per heavy atom. The molecule has 1 heterocycles.